The second-order valence-corrected chi connectivity index (χ2v) is 14.1. The highest BCUT2D eigenvalue weighted by Gasteiger charge is 2.31. The summed E-state index contributed by atoms with van der Waals surface area (Å²) < 4.78 is 17.4. The summed E-state index contributed by atoms with van der Waals surface area (Å²) in [6.07, 6.45) is 3.69. The Kier molecular flexibility index (Phi) is 14.4. The van der Waals surface area contributed by atoms with E-state index in [0.717, 1.165) is 33.4 Å². The Morgan fingerprint density at radius 1 is 0.821 bits per heavy atom. The predicted molar refractivity (Wildman–Crippen MR) is 211 cm³/mol. The number of cyclic esters (lactones) is 1. The molecule has 0 fully saturated rings. The molecule has 3 amide bonds. The van der Waals surface area contributed by atoms with Gasteiger partial charge in [-0.25, -0.2) is 9.59 Å². The number of nitrogens with zero attached hydrogens (tertiary/aromatic N) is 1. The van der Waals surface area contributed by atoms with Crippen LogP contribution < -0.4 is 10.6 Å². The van der Waals surface area contributed by atoms with Gasteiger partial charge in [0.25, 0.3) is 0 Å². The van der Waals surface area contributed by atoms with Crippen molar-refractivity contribution in [1.82, 2.24) is 15.5 Å². The summed E-state index contributed by atoms with van der Waals surface area (Å²) in [5.74, 6) is -2.20. The first-order chi connectivity index (χ1) is 27.4. The van der Waals surface area contributed by atoms with E-state index in [1.165, 1.54) is 0 Å². The van der Waals surface area contributed by atoms with Gasteiger partial charge in [0.15, 0.2) is 0 Å². The Bertz CT molecular complexity index is 1910. The lowest BCUT2D eigenvalue weighted by Crippen LogP contribution is -2.47. The van der Waals surface area contributed by atoms with Crippen LogP contribution in [0.2, 0.25) is 0 Å². The number of allylic oxidation sites excluding steroid dienone is 2. The van der Waals surface area contributed by atoms with E-state index in [4.69, 9.17) is 14.2 Å². The summed E-state index contributed by atoms with van der Waals surface area (Å²) in [4.78, 5) is 55.7. The van der Waals surface area contributed by atoms with Crippen LogP contribution in [0.5, 0.6) is 0 Å². The molecule has 6 rings (SSSR count). The van der Waals surface area contributed by atoms with Crippen molar-refractivity contribution in [3.8, 4) is 11.1 Å². The minimum Gasteiger partial charge on any atom is -0.462 e. The van der Waals surface area contributed by atoms with Crippen LogP contribution in [0, 0.1) is 5.92 Å². The molecule has 292 valence electrons. The van der Waals surface area contributed by atoms with Gasteiger partial charge < -0.3 is 34.9 Å². The Labute approximate surface area is 327 Å². The third kappa shape index (κ3) is 10.9. The molecule has 4 aromatic carbocycles. The molecule has 56 heavy (non-hydrogen) atoms. The van der Waals surface area contributed by atoms with Crippen molar-refractivity contribution in [2.24, 2.45) is 5.92 Å². The molecule has 0 aromatic heterocycles. The molecule has 0 unspecified atom stereocenters. The highest BCUT2D eigenvalue weighted by molar-refractivity contribution is 5.86. The summed E-state index contributed by atoms with van der Waals surface area (Å²) in [6.45, 7) is 0.381. The van der Waals surface area contributed by atoms with Gasteiger partial charge in [-0.2, -0.15) is 0 Å². The minimum atomic E-state index is -1.01. The number of ether oxygens (including phenoxy) is 3. The van der Waals surface area contributed by atoms with Crippen LogP contribution >= 0.6 is 0 Å². The molecule has 0 bridgehead atoms. The largest absolute Gasteiger partial charge is 0.462 e. The first-order valence-electron chi connectivity index (χ1n) is 19.2. The lowest BCUT2D eigenvalue weighted by molar-refractivity contribution is -0.148. The normalized spacial score (nSPS) is 18.6. The van der Waals surface area contributed by atoms with E-state index >= 15 is 0 Å². The molecule has 0 saturated carbocycles. The molecule has 1 heterocycles. The third-order valence-corrected chi connectivity index (χ3v) is 10.1. The number of carbonyl (C=O) groups excluding carboxylic acids is 4. The number of hydrogen-bond acceptors (Lipinski definition) is 8. The molecule has 1 aliphatic carbocycles. The van der Waals surface area contributed by atoms with Crippen molar-refractivity contribution < 1.29 is 38.5 Å². The summed E-state index contributed by atoms with van der Waals surface area (Å²) >= 11 is 0. The maximum Gasteiger partial charge on any atom is 0.407 e. The molecule has 0 radical (unpaired) electrons. The van der Waals surface area contributed by atoms with Gasteiger partial charge in [0.2, 0.25) is 11.8 Å². The van der Waals surface area contributed by atoms with Crippen molar-refractivity contribution >= 4 is 23.9 Å². The number of benzene rings is 4. The zero-order valence-electron chi connectivity index (χ0n) is 31.4. The van der Waals surface area contributed by atoms with Crippen molar-refractivity contribution in [1.29, 1.82) is 0 Å². The van der Waals surface area contributed by atoms with Crippen LogP contribution in [-0.2, 0) is 41.7 Å². The molecule has 0 saturated heterocycles. The molecule has 1 aliphatic heterocycles. The number of hydrogen-bond donors (Lipinski definition) is 3. The molecule has 4 aromatic rings. The number of rotatable bonds is 13. The fraction of sp³-hybridized carbons (Fsp3) is 0.333. The molecular formula is C45H49N3O8. The number of nitrogens with one attached hydrogen (secondary N) is 2. The maximum atomic E-state index is 13.8. The van der Waals surface area contributed by atoms with E-state index in [9.17, 15) is 24.3 Å². The molecule has 2 aliphatic rings. The van der Waals surface area contributed by atoms with E-state index in [1.54, 1.807) is 4.90 Å². The molecule has 3 N–H and O–H groups in total. The van der Waals surface area contributed by atoms with E-state index in [0.29, 0.717) is 13.0 Å². The maximum absolute atomic E-state index is 13.8. The van der Waals surface area contributed by atoms with E-state index in [2.05, 4.69) is 22.8 Å². The predicted octanol–water partition coefficient (Wildman–Crippen LogP) is 5.91. The fourth-order valence-corrected chi connectivity index (χ4v) is 7.14. The summed E-state index contributed by atoms with van der Waals surface area (Å²) in [6, 6.07) is 33.4. The minimum absolute atomic E-state index is 0.0273. The fourth-order valence-electron chi connectivity index (χ4n) is 7.14. The molecular weight excluding hydrogens is 711 g/mol. The van der Waals surface area contributed by atoms with Gasteiger partial charge in [-0.1, -0.05) is 121 Å². The number of amides is 3. The van der Waals surface area contributed by atoms with Gasteiger partial charge in [-0.3, -0.25) is 9.59 Å². The number of aliphatic hydroxyl groups is 1. The lowest BCUT2D eigenvalue weighted by atomic mass is 9.98. The zero-order valence-corrected chi connectivity index (χ0v) is 31.4. The summed E-state index contributed by atoms with van der Waals surface area (Å²) in [5.41, 5.74) is 6.22. The highest BCUT2D eigenvalue weighted by atomic mass is 16.6. The number of fused-ring (bicyclic) bond motifs is 3. The standard InChI is InChI=1S/C45H49N3O8/c49-25-24-48(27-32-14-4-1-5-15-32)42(50)26-34-18-8-3-9-23-41(44(52)55-30-35(46-43(34)51)29-54-28-33-16-6-2-7-17-33)47-45(53)56-31-40-38-21-12-10-19-36(38)37-20-11-13-22-39(37)40/h1-8,10-17,19-22,34-35,40-41,49H,9,18,23-31H2,(H,46,51)(H,47,53)/t34-,35+,41+/m1/s1. The van der Waals surface area contributed by atoms with Crippen LogP contribution in [0.3, 0.4) is 0 Å². The third-order valence-electron chi connectivity index (χ3n) is 10.1. The first kappa shape index (κ1) is 39.9. The van der Waals surface area contributed by atoms with Crippen molar-refractivity contribution in [2.75, 3.05) is 33.0 Å². The number of carbonyl (C=O) groups is 4. The first-order valence-corrected chi connectivity index (χ1v) is 19.2. The molecule has 11 heteroatoms. The van der Waals surface area contributed by atoms with Crippen molar-refractivity contribution in [2.45, 2.75) is 56.8 Å². The van der Waals surface area contributed by atoms with Crippen LogP contribution in [0.1, 0.15) is 53.9 Å². The summed E-state index contributed by atoms with van der Waals surface area (Å²) in [7, 11) is 0. The van der Waals surface area contributed by atoms with Crippen LogP contribution in [0.25, 0.3) is 11.1 Å². The van der Waals surface area contributed by atoms with E-state index < -0.39 is 30.1 Å². The van der Waals surface area contributed by atoms with Crippen LogP contribution in [0.15, 0.2) is 121 Å². The number of alkyl carbamates (subject to hydrolysis) is 1. The van der Waals surface area contributed by atoms with Crippen molar-refractivity contribution in [3.05, 3.63) is 144 Å². The van der Waals surface area contributed by atoms with Gasteiger partial charge in [-0.05, 0) is 52.6 Å². The van der Waals surface area contributed by atoms with Gasteiger partial charge in [0.1, 0.15) is 19.3 Å². The zero-order chi connectivity index (χ0) is 39.1. The Morgan fingerprint density at radius 2 is 1.46 bits per heavy atom. The van der Waals surface area contributed by atoms with E-state index in [1.807, 2.05) is 109 Å². The molecule has 3 atom stereocenters. The second-order valence-electron chi connectivity index (χ2n) is 14.1. The Hall–Kier alpha value is -5.78. The number of esters is 1. The average Bonchev–Trinajstić information content (AvgIpc) is 3.54. The van der Waals surface area contributed by atoms with Crippen molar-refractivity contribution in [3.63, 3.8) is 0 Å². The second kappa shape index (κ2) is 20.2. The topological polar surface area (TPSA) is 144 Å². The van der Waals surface area contributed by atoms with Gasteiger partial charge in [0, 0.05) is 25.4 Å². The van der Waals surface area contributed by atoms with Gasteiger partial charge >= 0.3 is 12.1 Å². The molecule has 0 spiro atoms. The average molecular weight is 760 g/mol. The quantitative estimate of drug-likeness (QED) is 0.113. The SMILES string of the molecule is O=C(N[C@H]1CCC=CC[C@H](CC(=O)N(CCO)Cc2ccccc2)C(=O)N[C@@H](COCc2ccccc2)COC1=O)OCC1c2ccccc2-c2ccccc21. The molecule has 11 nitrogen and oxygen atoms in total. The highest BCUT2D eigenvalue weighted by Crippen LogP contribution is 2.44. The van der Waals surface area contributed by atoms with E-state index in [-0.39, 0.29) is 76.6 Å². The monoisotopic (exact) mass is 759 g/mol. The lowest BCUT2D eigenvalue weighted by Gasteiger charge is -2.26. The number of aliphatic hydroxyl groups excluding tert-OH is 1. The smallest absolute Gasteiger partial charge is 0.407 e. The van der Waals surface area contributed by atoms with Crippen LogP contribution in [0.4, 0.5) is 4.79 Å². The Balaban J connectivity index is 1.12. The van der Waals surface area contributed by atoms with Gasteiger partial charge in [-0.15, -0.1) is 0 Å². The van der Waals surface area contributed by atoms with Crippen LogP contribution in [-0.4, -0.2) is 78.9 Å². The van der Waals surface area contributed by atoms with Gasteiger partial charge in [0.05, 0.1) is 31.8 Å². The Morgan fingerprint density at radius 3 is 2.14 bits per heavy atom. The summed E-state index contributed by atoms with van der Waals surface area (Å²) in [5, 5.41) is 15.4.